The van der Waals surface area contributed by atoms with Gasteiger partial charge in [0.2, 0.25) is 0 Å². The van der Waals surface area contributed by atoms with Crippen LogP contribution in [0.5, 0.6) is 0 Å². The van der Waals surface area contributed by atoms with Gasteiger partial charge in [0.05, 0.1) is 5.52 Å². The molecule has 8 aromatic carbocycles. The molecule has 1 aromatic heterocycles. The molecule has 0 amide bonds. The largest absolute Gasteiger partial charge is 0.317 e. The second-order valence-electron chi connectivity index (χ2n) is 11.8. The van der Waals surface area contributed by atoms with E-state index in [9.17, 15) is 0 Å². The van der Waals surface area contributed by atoms with Crippen LogP contribution in [0, 0.1) is 0 Å². The predicted octanol–water partition coefficient (Wildman–Crippen LogP) is 12.2. The highest BCUT2D eigenvalue weighted by Gasteiger charge is 2.17. The van der Waals surface area contributed by atoms with Crippen molar-refractivity contribution in [3.63, 3.8) is 0 Å². The van der Waals surface area contributed by atoms with Gasteiger partial charge in [0.1, 0.15) is 0 Å². The van der Waals surface area contributed by atoms with Crippen LogP contribution in [0.25, 0.3) is 60.0 Å². The summed E-state index contributed by atoms with van der Waals surface area (Å²) in [5, 5.41) is 8.86. The van der Waals surface area contributed by atoms with Crippen molar-refractivity contribution in [3.8, 4) is 16.8 Å². The first-order valence-electron chi connectivity index (χ1n) is 15.8. The van der Waals surface area contributed by atoms with Gasteiger partial charge in [0.15, 0.2) is 0 Å². The van der Waals surface area contributed by atoms with Crippen molar-refractivity contribution in [2.45, 2.75) is 0 Å². The molecule has 0 unspecified atom stereocenters. The van der Waals surface area contributed by atoms with Gasteiger partial charge in [-0.25, -0.2) is 0 Å². The molecule has 46 heavy (non-hydrogen) atoms. The lowest BCUT2D eigenvalue weighted by molar-refractivity contribution is 1.13. The Morgan fingerprint density at radius 1 is 0.348 bits per heavy atom. The van der Waals surface area contributed by atoms with Crippen LogP contribution >= 0.6 is 0 Å². The van der Waals surface area contributed by atoms with Gasteiger partial charge in [-0.05, 0) is 104 Å². The Hall–Kier alpha value is -6.12. The molecular formula is C44H30N2. The van der Waals surface area contributed by atoms with Crippen molar-refractivity contribution in [2.75, 3.05) is 4.90 Å². The zero-order valence-corrected chi connectivity index (χ0v) is 25.2. The van der Waals surface area contributed by atoms with E-state index in [0.717, 1.165) is 22.7 Å². The number of fused-ring (bicyclic) bond motifs is 7. The zero-order chi connectivity index (χ0) is 30.5. The normalized spacial score (nSPS) is 11.5. The van der Waals surface area contributed by atoms with Crippen molar-refractivity contribution in [1.29, 1.82) is 0 Å². The molecule has 0 spiro atoms. The Morgan fingerprint density at radius 3 is 1.52 bits per heavy atom. The molecule has 9 aromatic rings. The first-order chi connectivity index (χ1) is 22.8. The van der Waals surface area contributed by atoms with E-state index in [1.807, 2.05) is 0 Å². The third-order valence-electron chi connectivity index (χ3n) is 9.18. The van der Waals surface area contributed by atoms with Crippen molar-refractivity contribution in [1.82, 2.24) is 4.57 Å². The maximum Gasteiger partial charge on any atom is 0.0529 e. The standard InChI is InChI=1S/C44H30N2/c1-3-11-31(12-4-1)32-19-21-35(22-20-32)46(36-24-26-44-33(29-36)27-28-45(44)34-13-5-2-6-14-34)37-23-25-42-40-17-8-7-15-38(40)39-16-9-10-18-41(39)43(42)30-37/h1-30H. The number of hydrogen-bond acceptors (Lipinski definition) is 1. The van der Waals surface area contributed by atoms with Gasteiger partial charge < -0.3 is 9.47 Å². The molecule has 0 saturated carbocycles. The van der Waals surface area contributed by atoms with Crippen molar-refractivity contribution >= 4 is 60.3 Å². The Bertz CT molecular complexity index is 2470. The van der Waals surface area contributed by atoms with E-state index in [4.69, 9.17) is 0 Å². The van der Waals surface area contributed by atoms with Gasteiger partial charge in [0.25, 0.3) is 0 Å². The number of anilines is 3. The fourth-order valence-electron chi connectivity index (χ4n) is 7.00. The van der Waals surface area contributed by atoms with Gasteiger partial charge in [0, 0.05) is 34.3 Å². The van der Waals surface area contributed by atoms with E-state index < -0.39 is 0 Å². The molecule has 0 radical (unpaired) electrons. The Morgan fingerprint density at radius 2 is 0.848 bits per heavy atom. The number of nitrogens with zero attached hydrogens (tertiary/aromatic N) is 2. The summed E-state index contributed by atoms with van der Waals surface area (Å²) in [4.78, 5) is 2.39. The Balaban J connectivity index is 1.25. The quantitative estimate of drug-likeness (QED) is 0.182. The van der Waals surface area contributed by atoms with Crippen LogP contribution < -0.4 is 4.90 Å². The first kappa shape index (κ1) is 26.3. The van der Waals surface area contributed by atoms with Crippen LogP contribution in [0.2, 0.25) is 0 Å². The monoisotopic (exact) mass is 586 g/mol. The number of hydrogen-bond donors (Lipinski definition) is 0. The topological polar surface area (TPSA) is 8.17 Å². The lowest BCUT2D eigenvalue weighted by atomic mass is 9.94. The molecule has 0 aliphatic carbocycles. The molecule has 9 rings (SSSR count). The molecule has 0 aliphatic rings. The van der Waals surface area contributed by atoms with Crippen LogP contribution in [-0.4, -0.2) is 4.57 Å². The van der Waals surface area contributed by atoms with E-state index >= 15 is 0 Å². The predicted molar refractivity (Wildman–Crippen MR) is 196 cm³/mol. The summed E-state index contributed by atoms with van der Waals surface area (Å²) in [6, 6.07) is 63.5. The number of aromatic nitrogens is 1. The highest BCUT2D eigenvalue weighted by molar-refractivity contribution is 6.25. The highest BCUT2D eigenvalue weighted by Crippen LogP contribution is 2.42. The van der Waals surface area contributed by atoms with Gasteiger partial charge in [-0.2, -0.15) is 0 Å². The maximum atomic E-state index is 2.39. The van der Waals surface area contributed by atoms with Crippen molar-refractivity contribution in [3.05, 3.63) is 182 Å². The maximum absolute atomic E-state index is 2.39. The molecule has 0 fully saturated rings. The Kier molecular flexibility index (Phi) is 6.17. The van der Waals surface area contributed by atoms with Crippen LogP contribution in [0.1, 0.15) is 0 Å². The molecular weight excluding hydrogens is 556 g/mol. The van der Waals surface area contributed by atoms with Gasteiger partial charge in [-0.1, -0.05) is 115 Å². The highest BCUT2D eigenvalue weighted by atomic mass is 15.1. The van der Waals surface area contributed by atoms with E-state index in [1.165, 1.54) is 54.3 Å². The minimum atomic E-state index is 1.12. The molecule has 0 atom stereocenters. The summed E-state index contributed by atoms with van der Waals surface area (Å²) in [5.41, 5.74) is 8.13. The Labute approximate surface area is 268 Å². The van der Waals surface area contributed by atoms with Gasteiger partial charge in [-0.3, -0.25) is 0 Å². The second-order valence-corrected chi connectivity index (χ2v) is 11.8. The molecule has 0 aliphatic heterocycles. The minimum Gasteiger partial charge on any atom is -0.317 e. The van der Waals surface area contributed by atoms with Gasteiger partial charge >= 0.3 is 0 Å². The summed E-state index contributed by atoms with van der Waals surface area (Å²) in [7, 11) is 0. The summed E-state index contributed by atoms with van der Waals surface area (Å²) < 4.78 is 2.26. The number of rotatable bonds is 5. The minimum absolute atomic E-state index is 1.12. The lowest BCUT2D eigenvalue weighted by Crippen LogP contribution is -2.10. The van der Waals surface area contributed by atoms with Crippen molar-refractivity contribution < 1.29 is 0 Å². The number of benzene rings is 8. The molecule has 216 valence electrons. The SMILES string of the molecule is c1ccc(-c2ccc(N(c3ccc4c(ccn4-c4ccccc4)c3)c3ccc4c5ccccc5c5ccccc5c4c3)cc2)cc1. The molecule has 0 saturated heterocycles. The van der Waals surface area contributed by atoms with E-state index in [-0.39, 0.29) is 0 Å². The van der Waals surface area contributed by atoms with Crippen molar-refractivity contribution in [2.24, 2.45) is 0 Å². The molecule has 0 N–H and O–H groups in total. The third-order valence-corrected chi connectivity index (χ3v) is 9.18. The van der Waals surface area contributed by atoms with Crippen LogP contribution in [0.4, 0.5) is 17.1 Å². The molecule has 2 heteroatoms. The second kappa shape index (κ2) is 10.8. The summed E-state index contributed by atoms with van der Waals surface area (Å²) in [6.07, 6.45) is 2.16. The smallest absolute Gasteiger partial charge is 0.0529 e. The van der Waals surface area contributed by atoms with Gasteiger partial charge in [-0.15, -0.1) is 0 Å². The van der Waals surface area contributed by atoms with Crippen LogP contribution in [0.15, 0.2) is 182 Å². The third kappa shape index (κ3) is 4.35. The zero-order valence-electron chi connectivity index (χ0n) is 25.2. The average Bonchev–Trinajstić information content (AvgIpc) is 3.56. The van der Waals surface area contributed by atoms with Crippen LogP contribution in [-0.2, 0) is 0 Å². The number of para-hydroxylation sites is 1. The van der Waals surface area contributed by atoms with E-state index in [0.29, 0.717) is 0 Å². The molecule has 1 heterocycles. The molecule has 2 nitrogen and oxygen atoms in total. The summed E-state index contributed by atoms with van der Waals surface area (Å²) in [5.74, 6) is 0. The fourth-order valence-corrected chi connectivity index (χ4v) is 7.00. The van der Waals surface area contributed by atoms with E-state index in [1.54, 1.807) is 0 Å². The lowest BCUT2D eigenvalue weighted by Gasteiger charge is -2.26. The summed E-state index contributed by atoms with van der Waals surface area (Å²) >= 11 is 0. The summed E-state index contributed by atoms with van der Waals surface area (Å²) in [6.45, 7) is 0. The van der Waals surface area contributed by atoms with E-state index in [2.05, 4.69) is 192 Å². The first-order valence-corrected chi connectivity index (χ1v) is 15.8. The average molecular weight is 587 g/mol. The van der Waals surface area contributed by atoms with Crippen LogP contribution in [0.3, 0.4) is 0 Å². The molecule has 0 bridgehead atoms. The fraction of sp³-hybridized carbons (Fsp3) is 0.